The Morgan fingerprint density at radius 3 is 3.09 bits per heavy atom. The zero-order valence-electron chi connectivity index (χ0n) is 13.1. The number of hydrogen-bond acceptors (Lipinski definition) is 6. The molecule has 120 valence electrons. The predicted octanol–water partition coefficient (Wildman–Crippen LogP) is 1.85. The highest BCUT2D eigenvalue weighted by Gasteiger charge is 2.31. The van der Waals surface area contributed by atoms with Crippen LogP contribution in [0.5, 0.6) is 0 Å². The Balaban J connectivity index is 1.74. The number of carbonyl (C=O) groups excluding carboxylic acids is 1. The standard InChI is InChI=1S/C15H23N5O2/c1-3-9(2)11-15(21)20-12-13(17-8-18-14(12)19-11)16-7-10-5-4-6-22-10/h8-11H,3-7H2,1-2H3,(H,20,21)(H2,16,17,18,19). The van der Waals surface area contributed by atoms with E-state index in [2.05, 4.69) is 39.8 Å². The number of amides is 1. The van der Waals surface area contributed by atoms with Gasteiger partial charge in [0.25, 0.3) is 0 Å². The lowest BCUT2D eigenvalue weighted by molar-refractivity contribution is -0.118. The zero-order chi connectivity index (χ0) is 15.5. The quantitative estimate of drug-likeness (QED) is 0.769. The molecular formula is C15H23N5O2. The lowest BCUT2D eigenvalue weighted by Gasteiger charge is -2.30. The van der Waals surface area contributed by atoms with Crippen molar-refractivity contribution in [3.05, 3.63) is 6.33 Å². The molecule has 2 aliphatic heterocycles. The van der Waals surface area contributed by atoms with Crippen molar-refractivity contribution < 1.29 is 9.53 Å². The maximum atomic E-state index is 12.3. The van der Waals surface area contributed by atoms with E-state index >= 15 is 0 Å². The molecule has 0 radical (unpaired) electrons. The van der Waals surface area contributed by atoms with E-state index in [-0.39, 0.29) is 24.0 Å². The first-order valence-electron chi connectivity index (χ1n) is 7.97. The largest absolute Gasteiger partial charge is 0.376 e. The average molecular weight is 305 g/mol. The van der Waals surface area contributed by atoms with Crippen molar-refractivity contribution in [3.63, 3.8) is 0 Å². The van der Waals surface area contributed by atoms with E-state index < -0.39 is 0 Å². The van der Waals surface area contributed by atoms with Gasteiger partial charge in [-0.15, -0.1) is 0 Å². The summed E-state index contributed by atoms with van der Waals surface area (Å²) in [5, 5.41) is 9.43. The summed E-state index contributed by atoms with van der Waals surface area (Å²) < 4.78 is 5.59. The van der Waals surface area contributed by atoms with Crippen LogP contribution >= 0.6 is 0 Å². The molecule has 3 N–H and O–H groups in total. The molecule has 7 nitrogen and oxygen atoms in total. The third kappa shape index (κ3) is 2.99. The Labute approximate surface area is 130 Å². The van der Waals surface area contributed by atoms with Gasteiger partial charge < -0.3 is 20.7 Å². The predicted molar refractivity (Wildman–Crippen MR) is 85.0 cm³/mol. The van der Waals surface area contributed by atoms with E-state index in [1.165, 1.54) is 6.33 Å². The van der Waals surface area contributed by atoms with Gasteiger partial charge in [-0.05, 0) is 18.8 Å². The van der Waals surface area contributed by atoms with Gasteiger partial charge in [0.05, 0.1) is 6.10 Å². The molecule has 2 aliphatic rings. The van der Waals surface area contributed by atoms with Crippen LogP contribution in [0.2, 0.25) is 0 Å². The number of hydrogen-bond donors (Lipinski definition) is 3. The van der Waals surface area contributed by atoms with Crippen LogP contribution in [-0.4, -0.2) is 41.2 Å². The smallest absolute Gasteiger partial charge is 0.247 e. The van der Waals surface area contributed by atoms with E-state index in [0.29, 0.717) is 23.9 Å². The van der Waals surface area contributed by atoms with E-state index in [0.717, 1.165) is 25.9 Å². The van der Waals surface area contributed by atoms with Crippen LogP contribution in [0.4, 0.5) is 17.3 Å². The Morgan fingerprint density at radius 2 is 2.36 bits per heavy atom. The minimum absolute atomic E-state index is 0.0307. The van der Waals surface area contributed by atoms with Gasteiger partial charge in [-0.3, -0.25) is 4.79 Å². The number of nitrogens with one attached hydrogen (secondary N) is 3. The average Bonchev–Trinajstić information content (AvgIpc) is 3.05. The summed E-state index contributed by atoms with van der Waals surface area (Å²) in [6.45, 7) is 5.64. The second-order valence-electron chi connectivity index (χ2n) is 5.96. The molecule has 0 aromatic carbocycles. The van der Waals surface area contributed by atoms with E-state index in [1.807, 2.05) is 0 Å². The van der Waals surface area contributed by atoms with Crippen molar-refractivity contribution in [2.45, 2.75) is 45.3 Å². The van der Waals surface area contributed by atoms with Gasteiger partial charge in [0, 0.05) is 13.2 Å². The monoisotopic (exact) mass is 305 g/mol. The van der Waals surface area contributed by atoms with E-state index in [4.69, 9.17) is 4.74 Å². The number of ether oxygens (including phenoxy) is 1. The van der Waals surface area contributed by atoms with Gasteiger partial charge in [0.1, 0.15) is 18.1 Å². The highest BCUT2D eigenvalue weighted by Crippen LogP contribution is 2.32. The van der Waals surface area contributed by atoms with Crippen molar-refractivity contribution >= 4 is 23.2 Å². The molecule has 0 saturated carbocycles. The number of aromatic nitrogens is 2. The topological polar surface area (TPSA) is 88.2 Å². The fourth-order valence-corrected chi connectivity index (χ4v) is 2.81. The second kappa shape index (κ2) is 6.48. The van der Waals surface area contributed by atoms with Crippen molar-refractivity contribution in [2.24, 2.45) is 5.92 Å². The van der Waals surface area contributed by atoms with Crippen LogP contribution in [0.15, 0.2) is 6.33 Å². The van der Waals surface area contributed by atoms with Gasteiger partial charge in [0.2, 0.25) is 5.91 Å². The fourth-order valence-electron chi connectivity index (χ4n) is 2.81. The maximum Gasteiger partial charge on any atom is 0.247 e. The SMILES string of the molecule is CCC(C)C1Nc2ncnc(NCC3CCCO3)c2NC1=O. The highest BCUT2D eigenvalue weighted by atomic mass is 16.5. The molecule has 0 spiro atoms. The van der Waals surface area contributed by atoms with Gasteiger partial charge in [0.15, 0.2) is 11.6 Å². The molecule has 1 aromatic heterocycles. The summed E-state index contributed by atoms with van der Waals surface area (Å²) in [4.78, 5) is 20.8. The summed E-state index contributed by atoms with van der Waals surface area (Å²) in [5.41, 5.74) is 0.630. The van der Waals surface area contributed by atoms with Crippen molar-refractivity contribution in [1.29, 1.82) is 0 Å². The molecule has 1 aromatic rings. The number of carbonyl (C=O) groups is 1. The zero-order valence-corrected chi connectivity index (χ0v) is 13.1. The fraction of sp³-hybridized carbons (Fsp3) is 0.667. The first-order chi connectivity index (χ1) is 10.7. The number of rotatable bonds is 5. The Hall–Kier alpha value is -1.89. The van der Waals surface area contributed by atoms with Gasteiger partial charge in [-0.1, -0.05) is 20.3 Å². The van der Waals surface area contributed by atoms with Crippen molar-refractivity contribution in [2.75, 3.05) is 29.1 Å². The summed E-state index contributed by atoms with van der Waals surface area (Å²) in [7, 11) is 0. The minimum atomic E-state index is -0.251. The summed E-state index contributed by atoms with van der Waals surface area (Å²) in [5.74, 6) is 1.53. The summed E-state index contributed by atoms with van der Waals surface area (Å²) in [6.07, 6.45) is 4.81. The molecule has 0 aliphatic carbocycles. The summed E-state index contributed by atoms with van der Waals surface area (Å²) in [6, 6.07) is -0.251. The molecule has 1 amide bonds. The third-order valence-corrected chi connectivity index (χ3v) is 4.40. The molecule has 1 fully saturated rings. The second-order valence-corrected chi connectivity index (χ2v) is 5.96. The Bertz CT molecular complexity index is 545. The van der Waals surface area contributed by atoms with Gasteiger partial charge in [-0.25, -0.2) is 9.97 Å². The van der Waals surface area contributed by atoms with Crippen molar-refractivity contribution in [3.8, 4) is 0 Å². The maximum absolute atomic E-state index is 12.3. The highest BCUT2D eigenvalue weighted by molar-refractivity contribution is 6.05. The third-order valence-electron chi connectivity index (χ3n) is 4.40. The first-order valence-corrected chi connectivity index (χ1v) is 7.97. The molecular weight excluding hydrogens is 282 g/mol. The van der Waals surface area contributed by atoms with Gasteiger partial charge >= 0.3 is 0 Å². The van der Waals surface area contributed by atoms with Crippen LogP contribution in [-0.2, 0) is 9.53 Å². The van der Waals surface area contributed by atoms with Crippen LogP contribution in [0, 0.1) is 5.92 Å². The normalized spacial score (nSPS) is 25.1. The lowest BCUT2D eigenvalue weighted by atomic mass is 9.97. The van der Waals surface area contributed by atoms with E-state index in [1.54, 1.807) is 0 Å². The minimum Gasteiger partial charge on any atom is -0.376 e. The lowest BCUT2D eigenvalue weighted by Crippen LogP contribution is -2.43. The van der Waals surface area contributed by atoms with Crippen LogP contribution in [0.1, 0.15) is 33.1 Å². The molecule has 3 rings (SSSR count). The molecule has 3 unspecified atom stereocenters. The molecule has 3 atom stereocenters. The van der Waals surface area contributed by atoms with Crippen LogP contribution < -0.4 is 16.0 Å². The van der Waals surface area contributed by atoms with Gasteiger partial charge in [-0.2, -0.15) is 0 Å². The van der Waals surface area contributed by atoms with E-state index in [9.17, 15) is 4.79 Å². The number of nitrogens with zero attached hydrogens (tertiary/aromatic N) is 2. The number of fused-ring (bicyclic) bond motifs is 1. The molecule has 3 heterocycles. The van der Waals surface area contributed by atoms with Crippen LogP contribution in [0.3, 0.4) is 0 Å². The molecule has 7 heteroatoms. The molecule has 22 heavy (non-hydrogen) atoms. The Morgan fingerprint density at radius 1 is 1.50 bits per heavy atom. The number of anilines is 3. The summed E-state index contributed by atoms with van der Waals surface area (Å²) >= 11 is 0. The van der Waals surface area contributed by atoms with Crippen LogP contribution in [0.25, 0.3) is 0 Å². The molecule has 0 bridgehead atoms. The first kappa shape index (κ1) is 15.0. The Kier molecular flexibility index (Phi) is 4.42. The molecule has 1 saturated heterocycles. The van der Waals surface area contributed by atoms with Crippen molar-refractivity contribution in [1.82, 2.24) is 9.97 Å².